The molecule has 1 atom stereocenters. The van der Waals surface area contributed by atoms with Crippen molar-refractivity contribution < 1.29 is 4.79 Å². The highest BCUT2D eigenvalue weighted by atomic mass is 79.9. The van der Waals surface area contributed by atoms with Crippen molar-refractivity contribution in [1.29, 1.82) is 0 Å². The molecule has 0 amide bonds. The van der Waals surface area contributed by atoms with Crippen LogP contribution in [0, 0.1) is 0 Å². The molecule has 0 aliphatic carbocycles. The smallest absolute Gasteiger partial charge is 0.143 e. The second kappa shape index (κ2) is 3.19. The lowest BCUT2D eigenvalue weighted by Gasteiger charge is -1.96. The van der Waals surface area contributed by atoms with Crippen LogP contribution >= 0.6 is 15.9 Å². The average molecular weight is 165 g/mol. The minimum atomic E-state index is 0.0764. The van der Waals surface area contributed by atoms with Gasteiger partial charge in [-0.15, -0.1) is 0 Å². The van der Waals surface area contributed by atoms with Gasteiger partial charge in [-0.3, -0.25) is 4.79 Å². The van der Waals surface area contributed by atoms with Crippen LogP contribution in [-0.2, 0) is 4.79 Å². The molecular formula is C5H9BrO. The van der Waals surface area contributed by atoms with E-state index in [1.807, 2.05) is 6.92 Å². The van der Waals surface area contributed by atoms with Crippen molar-refractivity contribution in [2.45, 2.75) is 25.1 Å². The molecular weight excluding hydrogens is 156 g/mol. The second-order valence-electron chi connectivity index (χ2n) is 1.49. The number of hydrogen-bond donors (Lipinski definition) is 0. The molecule has 0 aliphatic heterocycles. The van der Waals surface area contributed by atoms with Gasteiger partial charge in [0.2, 0.25) is 0 Å². The molecule has 0 N–H and O–H groups in total. The van der Waals surface area contributed by atoms with Crippen molar-refractivity contribution in [2.75, 3.05) is 0 Å². The molecule has 7 heavy (non-hydrogen) atoms. The van der Waals surface area contributed by atoms with Gasteiger partial charge in [0.1, 0.15) is 5.78 Å². The number of ketones is 1. The van der Waals surface area contributed by atoms with Crippen molar-refractivity contribution in [2.24, 2.45) is 0 Å². The van der Waals surface area contributed by atoms with Gasteiger partial charge in [-0.2, -0.15) is 0 Å². The molecule has 0 fully saturated rings. The largest absolute Gasteiger partial charge is 0.299 e. The Morgan fingerprint density at radius 2 is 2.29 bits per heavy atom. The first-order chi connectivity index (χ1) is 3.18. The van der Waals surface area contributed by atoms with Crippen LogP contribution in [-0.4, -0.2) is 10.6 Å². The Kier molecular flexibility index (Phi) is 3.26. The van der Waals surface area contributed by atoms with E-state index in [9.17, 15) is 4.79 Å². The standard InChI is InChI=1S/C5H9BrO/c1-3-5(6)4(2)7/h5H,3H2,1-2H3/t5-/m0/s1. The van der Waals surface area contributed by atoms with Gasteiger partial charge >= 0.3 is 0 Å². The van der Waals surface area contributed by atoms with E-state index in [0.29, 0.717) is 0 Å². The highest BCUT2D eigenvalue weighted by molar-refractivity contribution is 9.10. The number of carbonyl (C=O) groups is 1. The van der Waals surface area contributed by atoms with Crippen LogP contribution in [0.2, 0.25) is 0 Å². The van der Waals surface area contributed by atoms with Gasteiger partial charge < -0.3 is 0 Å². The number of Topliss-reactive ketones (excluding diaryl/α,β-unsaturated/α-hetero) is 1. The molecule has 0 unspecified atom stereocenters. The number of halogens is 1. The summed E-state index contributed by atoms with van der Waals surface area (Å²) in [7, 11) is 0. The number of hydrogen-bond acceptors (Lipinski definition) is 1. The molecule has 0 aromatic rings. The summed E-state index contributed by atoms with van der Waals surface area (Å²) in [6.07, 6.45) is 0.884. The third-order valence-corrected chi connectivity index (χ3v) is 2.09. The van der Waals surface area contributed by atoms with Crippen LogP contribution in [0.25, 0.3) is 0 Å². The average Bonchev–Trinajstić information content (AvgIpc) is 1.65. The second-order valence-corrected chi connectivity index (χ2v) is 2.59. The highest BCUT2D eigenvalue weighted by Gasteiger charge is 2.03. The summed E-state index contributed by atoms with van der Waals surface area (Å²) < 4.78 is 0. The van der Waals surface area contributed by atoms with Crippen molar-refractivity contribution in [3.63, 3.8) is 0 Å². The summed E-state index contributed by atoms with van der Waals surface area (Å²) in [5, 5.41) is 0. The Hall–Kier alpha value is 0.150. The Balaban J connectivity index is 3.34. The van der Waals surface area contributed by atoms with E-state index in [2.05, 4.69) is 15.9 Å². The topological polar surface area (TPSA) is 17.1 Å². The molecule has 0 bridgehead atoms. The Labute approximate surface area is 52.2 Å². The molecule has 0 saturated carbocycles. The lowest BCUT2D eigenvalue weighted by molar-refractivity contribution is -0.116. The normalized spacial score (nSPS) is 13.6. The Morgan fingerprint density at radius 1 is 1.86 bits per heavy atom. The van der Waals surface area contributed by atoms with Crippen molar-refractivity contribution in [1.82, 2.24) is 0 Å². The van der Waals surface area contributed by atoms with Gasteiger partial charge in [0, 0.05) is 0 Å². The molecule has 0 spiro atoms. The van der Waals surface area contributed by atoms with Gasteiger partial charge in [-0.05, 0) is 13.3 Å². The van der Waals surface area contributed by atoms with Gasteiger partial charge in [-0.25, -0.2) is 0 Å². The first-order valence-electron chi connectivity index (χ1n) is 2.33. The van der Waals surface area contributed by atoms with Gasteiger partial charge in [0.05, 0.1) is 4.83 Å². The van der Waals surface area contributed by atoms with E-state index in [1.54, 1.807) is 6.92 Å². The third-order valence-electron chi connectivity index (χ3n) is 0.800. The summed E-state index contributed by atoms with van der Waals surface area (Å²) in [5.41, 5.74) is 0. The lowest BCUT2D eigenvalue weighted by atomic mass is 10.3. The maximum atomic E-state index is 10.3. The molecule has 0 radical (unpaired) electrons. The van der Waals surface area contributed by atoms with E-state index in [0.717, 1.165) is 6.42 Å². The zero-order valence-corrected chi connectivity index (χ0v) is 6.16. The molecule has 2 heteroatoms. The zero-order chi connectivity index (χ0) is 5.86. The van der Waals surface area contributed by atoms with Crippen LogP contribution in [0.4, 0.5) is 0 Å². The number of alkyl halides is 1. The summed E-state index contributed by atoms with van der Waals surface area (Å²) in [6, 6.07) is 0. The summed E-state index contributed by atoms with van der Waals surface area (Å²) in [4.78, 5) is 10.4. The maximum Gasteiger partial charge on any atom is 0.143 e. The summed E-state index contributed by atoms with van der Waals surface area (Å²) >= 11 is 3.19. The molecule has 0 aromatic carbocycles. The zero-order valence-electron chi connectivity index (χ0n) is 4.57. The highest BCUT2D eigenvalue weighted by Crippen LogP contribution is 2.03. The monoisotopic (exact) mass is 164 g/mol. The number of carbonyl (C=O) groups excluding carboxylic acids is 1. The van der Waals surface area contributed by atoms with E-state index in [4.69, 9.17) is 0 Å². The fraction of sp³-hybridized carbons (Fsp3) is 0.800. The van der Waals surface area contributed by atoms with Crippen LogP contribution in [0.5, 0.6) is 0 Å². The van der Waals surface area contributed by atoms with Crippen LogP contribution in [0.1, 0.15) is 20.3 Å². The Morgan fingerprint density at radius 3 is 2.29 bits per heavy atom. The van der Waals surface area contributed by atoms with Crippen LogP contribution in [0.3, 0.4) is 0 Å². The molecule has 1 nitrogen and oxygen atoms in total. The van der Waals surface area contributed by atoms with Crippen LogP contribution in [0.15, 0.2) is 0 Å². The summed E-state index contributed by atoms with van der Waals surface area (Å²) in [6.45, 7) is 3.56. The fourth-order valence-electron chi connectivity index (χ4n) is 0.287. The van der Waals surface area contributed by atoms with Gasteiger partial charge in [0.25, 0.3) is 0 Å². The van der Waals surface area contributed by atoms with Crippen molar-refractivity contribution >= 4 is 21.7 Å². The quantitative estimate of drug-likeness (QED) is 0.569. The van der Waals surface area contributed by atoms with E-state index in [-0.39, 0.29) is 10.6 Å². The SMILES string of the molecule is CC[C@H](Br)C(C)=O. The maximum absolute atomic E-state index is 10.3. The minimum absolute atomic E-state index is 0.0764. The Bertz CT molecular complexity index is 70.5. The molecule has 42 valence electrons. The molecule has 0 heterocycles. The lowest BCUT2D eigenvalue weighted by Crippen LogP contribution is -2.06. The molecule has 0 saturated heterocycles. The van der Waals surface area contributed by atoms with Gasteiger partial charge in [0.15, 0.2) is 0 Å². The molecule has 0 rings (SSSR count). The predicted octanol–water partition coefficient (Wildman–Crippen LogP) is 1.75. The number of rotatable bonds is 2. The first kappa shape index (κ1) is 7.15. The fourth-order valence-corrected chi connectivity index (χ4v) is 0.287. The molecule has 0 aromatic heterocycles. The third kappa shape index (κ3) is 2.80. The minimum Gasteiger partial charge on any atom is -0.299 e. The first-order valence-corrected chi connectivity index (χ1v) is 3.24. The van der Waals surface area contributed by atoms with Crippen molar-refractivity contribution in [3.8, 4) is 0 Å². The van der Waals surface area contributed by atoms with Gasteiger partial charge in [-0.1, -0.05) is 22.9 Å². The molecule has 0 aliphatic rings. The van der Waals surface area contributed by atoms with Crippen molar-refractivity contribution in [3.05, 3.63) is 0 Å². The van der Waals surface area contributed by atoms with Crippen LogP contribution < -0.4 is 0 Å². The van der Waals surface area contributed by atoms with E-state index < -0.39 is 0 Å². The summed E-state index contributed by atoms with van der Waals surface area (Å²) in [5.74, 6) is 0.211. The predicted molar refractivity (Wildman–Crippen MR) is 33.7 cm³/mol. The van der Waals surface area contributed by atoms with E-state index in [1.165, 1.54) is 0 Å². The van der Waals surface area contributed by atoms with E-state index >= 15 is 0 Å².